The highest BCUT2D eigenvalue weighted by Gasteiger charge is 2.07. The molecule has 0 radical (unpaired) electrons. The van der Waals surface area contributed by atoms with Crippen LogP contribution < -0.4 is 20.7 Å². The van der Waals surface area contributed by atoms with Gasteiger partial charge in [0.15, 0.2) is 5.96 Å². The van der Waals surface area contributed by atoms with Crippen molar-refractivity contribution in [1.82, 2.24) is 16.0 Å². The van der Waals surface area contributed by atoms with Crippen LogP contribution in [-0.2, 0) is 6.42 Å². The molecule has 150 valence electrons. The van der Waals surface area contributed by atoms with Crippen LogP contribution in [0.25, 0.3) is 0 Å². The number of nitrogens with one attached hydrogen (secondary N) is 3. The zero-order valence-electron chi connectivity index (χ0n) is 17.0. The molecule has 0 saturated carbocycles. The van der Waals surface area contributed by atoms with Gasteiger partial charge in [0.05, 0.1) is 7.11 Å². The molecule has 26 heavy (non-hydrogen) atoms. The third-order valence-corrected chi connectivity index (χ3v) is 3.72. The van der Waals surface area contributed by atoms with Crippen LogP contribution in [0.2, 0.25) is 0 Å². The Balaban J connectivity index is 0.00000625. The zero-order valence-corrected chi connectivity index (χ0v) is 19.4. The lowest BCUT2D eigenvalue weighted by atomic mass is 10.1. The summed E-state index contributed by atoms with van der Waals surface area (Å²) in [4.78, 5) is 4.65. The Morgan fingerprint density at radius 3 is 2.31 bits per heavy atom. The number of benzene rings is 1. The van der Waals surface area contributed by atoms with Gasteiger partial charge in [-0.1, -0.05) is 12.1 Å². The summed E-state index contributed by atoms with van der Waals surface area (Å²) in [5, 5.41) is 10.1. The van der Waals surface area contributed by atoms with Crippen LogP contribution in [0.4, 0.5) is 0 Å². The van der Waals surface area contributed by atoms with Gasteiger partial charge in [-0.15, -0.1) is 24.0 Å². The van der Waals surface area contributed by atoms with E-state index in [4.69, 9.17) is 4.74 Å². The van der Waals surface area contributed by atoms with Crippen molar-refractivity contribution in [3.8, 4) is 5.75 Å². The number of hydrogen-bond acceptors (Lipinski definition) is 3. The average molecular weight is 476 g/mol. The van der Waals surface area contributed by atoms with Crippen molar-refractivity contribution in [3.05, 3.63) is 29.8 Å². The van der Waals surface area contributed by atoms with E-state index >= 15 is 0 Å². The summed E-state index contributed by atoms with van der Waals surface area (Å²) < 4.78 is 5.18. The number of methoxy groups -OCH3 is 1. The lowest BCUT2D eigenvalue weighted by Gasteiger charge is -2.21. The molecular weight excluding hydrogens is 439 g/mol. The Bertz CT molecular complexity index is 498. The van der Waals surface area contributed by atoms with E-state index in [0.29, 0.717) is 0 Å². The highest BCUT2D eigenvalue weighted by Crippen LogP contribution is 2.13. The normalized spacial score (nSPS) is 11.7. The van der Waals surface area contributed by atoms with E-state index < -0.39 is 0 Å². The maximum Gasteiger partial charge on any atom is 0.191 e. The molecule has 0 saturated heterocycles. The quantitative estimate of drug-likeness (QED) is 0.209. The molecule has 0 aliphatic heterocycles. The molecule has 0 aromatic heterocycles. The predicted octanol–water partition coefficient (Wildman–Crippen LogP) is 3.58. The summed E-state index contributed by atoms with van der Waals surface area (Å²) in [6, 6.07) is 8.31. The fraction of sp³-hybridized carbons (Fsp3) is 0.650. The van der Waals surface area contributed by atoms with Crippen molar-refractivity contribution in [2.75, 3.05) is 33.3 Å². The van der Waals surface area contributed by atoms with Crippen LogP contribution in [0, 0.1) is 0 Å². The fourth-order valence-corrected chi connectivity index (χ4v) is 2.38. The van der Waals surface area contributed by atoms with Gasteiger partial charge in [0.25, 0.3) is 0 Å². The van der Waals surface area contributed by atoms with Gasteiger partial charge in [0, 0.05) is 31.7 Å². The number of rotatable bonds is 10. The third-order valence-electron chi connectivity index (χ3n) is 3.72. The Hall–Kier alpha value is -1.02. The number of hydrogen-bond donors (Lipinski definition) is 3. The van der Waals surface area contributed by atoms with Gasteiger partial charge in [-0.25, -0.2) is 0 Å². The number of nitrogens with zero attached hydrogens (tertiary/aromatic N) is 1. The van der Waals surface area contributed by atoms with E-state index in [0.717, 1.165) is 57.2 Å². The molecule has 0 atom stereocenters. The number of aryl methyl sites for hydroxylation is 1. The van der Waals surface area contributed by atoms with Crippen molar-refractivity contribution in [2.24, 2.45) is 4.99 Å². The average Bonchev–Trinajstić information content (AvgIpc) is 2.58. The summed E-state index contributed by atoms with van der Waals surface area (Å²) in [6.45, 7) is 12.1. The second-order valence-corrected chi connectivity index (χ2v) is 7.17. The van der Waals surface area contributed by atoms with Gasteiger partial charge in [0.1, 0.15) is 5.75 Å². The van der Waals surface area contributed by atoms with Gasteiger partial charge < -0.3 is 20.7 Å². The standard InChI is InChI=1S/C20H36N4O.HI/c1-6-21-19(23-15-16-24-20(2,3)4)22-14-8-7-9-17-10-12-18(25-5)13-11-17;/h10-13,24H,6-9,14-16H2,1-5H3,(H2,21,22,23);1H. The topological polar surface area (TPSA) is 57.7 Å². The number of unbranched alkanes of at least 4 members (excludes halogenated alkanes) is 1. The van der Waals surface area contributed by atoms with E-state index in [1.807, 2.05) is 12.1 Å². The second-order valence-electron chi connectivity index (χ2n) is 7.17. The van der Waals surface area contributed by atoms with Crippen LogP contribution in [0.15, 0.2) is 29.3 Å². The number of guanidine groups is 1. The minimum atomic E-state index is 0. The van der Waals surface area contributed by atoms with Crippen molar-refractivity contribution >= 4 is 29.9 Å². The third kappa shape index (κ3) is 12.4. The van der Waals surface area contributed by atoms with E-state index in [-0.39, 0.29) is 29.5 Å². The molecular formula is C20H37IN4O. The van der Waals surface area contributed by atoms with E-state index in [1.54, 1.807) is 7.11 Å². The molecule has 0 aliphatic rings. The van der Waals surface area contributed by atoms with Crippen LogP contribution >= 0.6 is 24.0 Å². The molecule has 6 heteroatoms. The monoisotopic (exact) mass is 476 g/mol. The molecule has 1 aromatic rings. The number of ether oxygens (including phenoxy) is 1. The molecule has 0 unspecified atom stereocenters. The molecule has 0 amide bonds. The van der Waals surface area contributed by atoms with Crippen molar-refractivity contribution < 1.29 is 4.74 Å². The van der Waals surface area contributed by atoms with Gasteiger partial charge in [-0.05, 0) is 64.7 Å². The minimum Gasteiger partial charge on any atom is -0.497 e. The van der Waals surface area contributed by atoms with Crippen LogP contribution in [0.3, 0.4) is 0 Å². The molecule has 5 nitrogen and oxygen atoms in total. The smallest absolute Gasteiger partial charge is 0.191 e. The first-order valence-electron chi connectivity index (χ1n) is 9.34. The van der Waals surface area contributed by atoms with Crippen molar-refractivity contribution in [1.29, 1.82) is 0 Å². The predicted molar refractivity (Wildman–Crippen MR) is 123 cm³/mol. The SMILES string of the molecule is CCNC(=NCCCCc1ccc(OC)cc1)NCCNC(C)(C)C.I. The van der Waals surface area contributed by atoms with Crippen molar-refractivity contribution in [3.63, 3.8) is 0 Å². The number of halogens is 1. The Kier molecular flexibility index (Phi) is 13.5. The summed E-state index contributed by atoms with van der Waals surface area (Å²) in [5.41, 5.74) is 1.50. The molecule has 0 bridgehead atoms. The summed E-state index contributed by atoms with van der Waals surface area (Å²) >= 11 is 0. The highest BCUT2D eigenvalue weighted by atomic mass is 127. The Morgan fingerprint density at radius 1 is 1.04 bits per heavy atom. The van der Waals surface area contributed by atoms with Crippen LogP contribution in [-0.4, -0.2) is 44.8 Å². The molecule has 0 heterocycles. The lowest BCUT2D eigenvalue weighted by molar-refractivity contribution is 0.414. The summed E-state index contributed by atoms with van der Waals surface area (Å²) in [6.07, 6.45) is 3.31. The Labute approximate surface area is 176 Å². The summed E-state index contributed by atoms with van der Waals surface area (Å²) in [5.74, 6) is 1.82. The Morgan fingerprint density at radius 2 is 1.73 bits per heavy atom. The first-order chi connectivity index (χ1) is 11.9. The lowest BCUT2D eigenvalue weighted by Crippen LogP contribution is -2.44. The molecule has 0 fully saturated rings. The first-order valence-corrected chi connectivity index (χ1v) is 9.34. The highest BCUT2D eigenvalue weighted by molar-refractivity contribution is 14.0. The molecule has 1 rings (SSSR count). The van der Waals surface area contributed by atoms with Crippen molar-refractivity contribution in [2.45, 2.75) is 52.5 Å². The largest absolute Gasteiger partial charge is 0.497 e. The van der Waals surface area contributed by atoms with E-state index in [1.165, 1.54) is 5.56 Å². The van der Waals surface area contributed by atoms with Crippen LogP contribution in [0.1, 0.15) is 46.1 Å². The zero-order chi connectivity index (χ0) is 18.5. The number of aliphatic imine (C=N–C) groups is 1. The van der Waals surface area contributed by atoms with Gasteiger partial charge >= 0.3 is 0 Å². The second kappa shape index (κ2) is 14.1. The molecule has 1 aromatic carbocycles. The maximum absolute atomic E-state index is 5.18. The molecule has 0 aliphatic carbocycles. The summed E-state index contributed by atoms with van der Waals surface area (Å²) in [7, 11) is 1.70. The van der Waals surface area contributed by atoms with Gasteiger partial charge in [-0.3, -0.25) is 4.99 Å². The minimum absolute atomic E-state index is 0. The van der Waals surface area contributed by atoms with Gasteiger partial charge in [0.2, 0.25) is 0 Å². The first kappa shape index (κ1) is 25.0. The molecule has 0 spiro atoms. The van der Waals surface area contributed by atoms with Crippen LogP contribution in [0.5, 0.6) is 5.75 Å². The van der Waals surface area contributed by atoms with E-state index in [2.05, 4.69) is 60.8 Å². The maximum atomic E-state index is 5.18. The fourth-order valence-electron chi connectivity index (χ4n) is 2.38. The molecule has 3 N–H and O–H groups in total. The van der Waals surface area contributed by atoms with E-state index in [9.17, 15) is 0 Å². The van der Waals surface area contributed by atoms with Gasteiger partial charge in [-0.2, -0.15) is 0 Å².